The van der Waals surface area contributed by atoms with Gasteiger partial charge in [0.2, 0.25) is 11.8 Å². The first kappa shape index (κ1) is 15.3. The summed E-state index contributed by atoms with van der Waals surface area (Å²) in [7, 11) is 0. The minimum Gasteiger partial charge on any atom is -0.358 e. The summed E-state index contributed by atoms with van der Waals surface area (Å²) in [6.07, 6.45) is 3.44. The van der Waals surface area contributed by atoms with Crippen molar-refractivity contribution in [1.82, 2.24) is 15.6 Å². The highest BCUT2D eigenvalue weighted by atomic mass is 16.2. The van der Waals surface area contributed by atoms with E-state index in [-0.39, 0.29) is 18.4 Å². The normalized spacial score (nSPS) is 17.7. The van der Waals surface area contributed by atoms with E-state index in [1.165, 1.54) is 5.57 Å². The molecular formula is C18H21N3O2. The molecule has 3 rings (SSSR count). The number of nitrogens with one attached hydrogen (secondary N) is 3. The molecule has 0 bridgehead atoms. The molecule has 2 amide bonds. The van der Waals surface area contributed by atoms with Gasteiger partial charge in [0.15, 0.2) is 0 Å². The Morgan fingerprint density at radius 1 is 1.26 bits per heavy atom. The van der Waals surface area contributed by atoms with Crippen molar-refractivity contribution in [2.24, 2.45) is 0 Å². The van der Waals surface area contributed by atoms with E-state index < -0.39 is 6.04 Å². The molecule has 120 valence electrons. The van der Waals surface area contributed by atoms with Crippen molar-refractivity contribution in [3.63, 3.8) is 0 Å². The molecule has 2 aromatic rings. The van der Waals surface area contributed by atoms with Gasteiger partial charge in [-0.15, -0.1) is 0 Å². The van der Waals surface area contributed by atoms with Crippen LogP contribution >= 0.6 is 0 Å². The third-order valence-electron chi connectivity index (χ3n) is 4.10. The molecule has 1 aliphatic heterocycles. The van der Waals surface area contributed by atoms with Gasteiger partial charge in [0.05, 0.1) is 6.54 Å². The number of aromatic nitrogens is 1. The molecule has 1 atom stereocenters. The number of amides is 2. The summed E-state index contributed by atoms with van der Waals surface area (Å²) in [5.74, 6) is -0.261. The predicted octanol–water partition coefficient (Wildman–Crippen LogP) is 1.83. The maximum absolute atomic E-state index is 12.0. The summed E-state index contributed by atoms with van der Waals surface area (Å²) >= 11 is 0. The van der Waals surface area contributed by atoms with Crippen LogP contribution in [0.3, 0.4) is 0 Å². The Labute approximate surface area is 135 Å². The second-order valence-corrected chi connectivity index (χ2v) is 6.16. The summed E-state index contributed by atoms with van der Waals surface area (Å²) in [5.41, 5.74) is 4.50. The molecule has 0 unspecified atom stereocenters. The number of benzene rings is 1. The van der Waals surface area contributed by atoms with Gasteiger partial charge in [-0.25, -0.2) is 0 Å². The van der Waals surface area contributed by atoms with Crippen LogP contribution in [0.5, 0.6) is 0 Å². The highest BCUT2D eigenvalue weighted by Gasteiger charge is 2.27. The molecular weight excluding hydrogens is 290 g/mol. The lowest BCUT2D eigenvalue weighted by atomic mass is 9.99. The zero-order valence-electron chi connectivity index (χ0n) is 13.4. The highest BCUT2D eigenvalue weighted by Crippen LogP contribution is 2.25. The van der Waals surface area contributed by atoms with Crippen molar-refractivity contribution in [3.8, 4) is 0 Å². The molecule has 1 fully saturated rings. The molecule has 1 saturated heterocycles. The Bertz CT molecular complexity index is 785. The van der Waals surface area contributed by atoms with Gasteiger partial charge < -0.3 is 15.6 Å². The van der Waals surface area contributed by atoms with Gasteiger partial charge in [0, 0.05) is 29.4 Å². The van der Waals surface area contributed by atoms with Crippen LogP contribution in [-0.2, 0) is 22.4 Å². The first-order valence-electron chi connectivity index (χ1n) is 7.83. The average Bonchev–Trinajstić information content (AvgIpc) is 2.87. The lowest BCUT2D eigenvalue weighted by Crippen LogP contribution is -2.56. The van der Waals surface area contributed by atoms with Crippen molar-refractivity contribution in [2.45, 2.75) is 32.7 Å². The zero-order valence-corrected chi connectivity index (χ0v) is 13.4. The summed E-state index contributed by atoms with van der Waals surface area (Å²) in [6, 6.07) is 7.55. The standard InChI is InChI=1S/C18H21N3O2/c1-11(2)7-8-15-13(12-5-3-4-6-14(12)20-15)9-16-18(23)19-10-17(22)21-16/h3-7,16,20H,8-10H2,1-2H3,(H,19,23)(H,21,22)/t16-/m0/s1. The summed E-state index contributed by atoms with van der Waals surface area (Å²) in [4.78, 5) is 27.0. The number of carbonyl (C=O) groups excluding carboxylic acids is 2. The Morgan fingerprint density at radius 2 is 2.04 bits per heavy atom. The number of fused-ring (bicyclic) bond motifs is 1. The van der Waals surface area contributed by atoms with Crippen molar-refractivity contribution < 1.29 is 9.59 Å². The number of para-hydroxylation sites is 1. The molecule has 1 aromatic carbocycles. The SMILES string of the molecule is CC(C)=CCc1[nH]c2ccccc2c1C[C@@H]1NC(=O)CNC1=O. The molecule has 0 aliphatic carbocycles. The molecule has 0 spiro atoms. The van der Waals surface area contributed by atoms with E-state index in [1.54, 1.807) is 0 Å². The largest absolute Gasteiger partial charge is 0.358 e. The first-order chi connectivity index (χ1) is 11.0. The maximum atomic E-state index is 12.0. The first-order valence-corrected chi connectivity index (χ1v) is 7.83. The number of carbonyl (C=O) groups is 2. The fraction of sp³-hybridized carbons (Fsp3) is 0.333. The van der Waals surface area contributed by atoms with Crippen LogP contribution in [0.15, 0.2) is 35.9 Å². The third-order valence-corrected chi connectivity index (χ3v) is 4.10. The monoisotopic (exact) mass is 311 g/mol. The summed E-state index contributed by atoms with van der Waals surface area (Å²) in [5, 5.41) is 6.53. The second-order valence-electron chi connectivity index (χ2n) is 6.16. The fourth-order valence-electron chi connectivity index (χ4n) is 2.92. The van der Waals surface area contributed by atoms with Crippen LogP contribution in [0.25, 0.3) is 10.9 Å². The molecule has 3 N–H and O–H groups in total. The molecule has 1 aromatic heterocycles. The third kappa shape index (κ3) is 3.28. The smallest absolute Gasteiger partial charge is 0.243 e. The number of aromatic amines is 1. The van der Waals surface area contributed by atoms with Crippen molar-refractivity contribution in [1.29, 1.82) is 0 Å². The van der Waals surface area contributed by atoms with Crippen LogP contribution in [0.1, 0.15) is 25.1 Å². The number of piperazine rings is 1. The van der Waals surface area contributed by atoms with Gasteiger partial charge >= 0.3 is 0 Å². The summed E-state index contributed by atoms with van der Waals surface area (Å²) in [6.45, 7) is 4.20. The highest BCUT2D eigenvalue weighted by molar-refractivity contribution is 5.95. The maximum Gasteiger partial charge on any atom is 0.243 e. The van der Waals surface area contributed by atoms with E-state index in [9.17, 15) is 9.59 Å². The number of rotatable bonds is 4. The van der Waals surface area contributed by atoms with E-state index in [0.717, 1.165) is 28.6 Å². The van der Waals surface area contributed by atoms with Gasteiger partial charge in [-0.2, -0.15) is 0 Å². The predicted molar refractivity (Wildman–Crippen MR) is 90.1 cm³/mol. The average molecular weight is 311 g/mol. The van der Waals surface area contributed by atoms with Gasteiger partial charge in [-0.05, 0) is 25.5 Å². The topological polar surface area (TPSA) is 74.0 Å². The number of hydrogen-bond acceptors (Lipinski definition) is 2. The molecule has 23 heavy (non-hydrogen) atoms. The van der Waals surface area contributed by atoms with Crippen LogP contribution in [0.4, 0.5) is 0 Å². The Kier molecular flexibility index (Phi) is 4.19. The quantitative estimate of drug-likeness (QED) is 0.754. The van der Waals surface area contributed by atoms with E-state index in [2.05, 4.69) is 41.6 Å². The second kappa shape index (κ2) is 6.28. The van der Waals surface area contributed by atoms with E-state index in [1.807, 2.05) is 18.2 Å². The van der Waals surface area contributed by atoms with Crippen molar-refractivity contribution >= 4 is 22.7 Å². The van der Waals surface area contributed by atoms with Crippen LogP contribution in [-0.4, -0.2) is 29.4 Å². The molecule has 2 heterocycles. The van der Waals surface area contributed by atoms with Crippen LogP contribution in [0.2, 0.25) is 0 Å². The zero-order chi connectivity index (χ0) is 16.4. The molecule has 5 heteroatoms. The van der Waals surface area contributed by atoms with E-state index in [4.69, 9.17) is 0 Å². The molecule has 5 nitrogen and oxygen atoms in total. The number of H-pyrrole nitrogens is 1. The van der Waals surface area contributed by atoms with Gasteiger partial charge in [0.25, 0.3) is 0 Å². The lowest BCUT2D eigenvalue weighted by Gasteiger charge is -2.23. The summed E-state index contributed by atoms with van der Waals surface area (Å²) < 4.78 is 0. The van der Waals surface area contributed by atoms with Crippen LogP contribution in [0, 0.1) is 0 Å². The molecule has 0 radical (unpaired) electrons. The molecule has 1 aliphatic rings. The van der Waals surface area contributed by atoms with E-state index >= 15 is 0 Å². The number of allylic oxidation sites excluding steroid dienone is 2. The van der Waals surface area contributed by atoms with Crippen molar-refractivity contribution in [3.05, 3.63) is 47.2 Å². The minimum atomic E-state index is -0.513. The van der Waals surface area contributed by atoms with Gasteiger partial charge in [0.1, 0.15) is 6.04 Å². The van der Waals surface area contributed by atoms with Gasteiger partial charge in [-0.3, -0.25) is 9.59 Å². The Hall–Kier alpha value is -2.56. The van der Waals surface area contributed by atoms with Crippen molar-refractivity contribution in [2.75, 3.05) is 6.54 Å². The van der Waals surface area contributed by atoms with Crippen LogP contribution < -0.4 is 10.6 Å². The Morgan fingerprint density at radius 3 is 2.83 bits per heavy atom. The number of hydrogen-bond donors (Lipinski definition) is 3. The van der Waals surface area contributed by atoms with E-state index in [0.29, 0.717) is 6.42 Å². The minimum absolute atomic E-state index is 0.0633. The van der Waals surface area contributed by atoms with Gasteiger partial charge in [-0.1, -0.05) is 29.8 Å². The molecule has 0 saturated carbocycles. The fourth-order valence-corrected chi connectivity index (χ4v) is 2.92. The Balaban J connectivity index is 1.97. The lowest BCUT2D eigenvalue weighted by molar-refractivity contribution is -0.133.